The van der Waals surface area contributed by atoms with Crippen LogP contribution in [0.25, 0.3) is 0 Å². The average Bonchev–Trinajstić information content (AvgIpc) is 2.53. The highest BCUT2D eigenvalue weighted by molar-refractivity contribution is 6.44. The molecule has 1 atom stereocenters. The van der Waals surface area contributed by atoms with Crippen molar-refractivity contribution in [3.63, 3.8) is 0 Å². The van der Waals surface area contributed by atoms with E-state index in [-0.39, 0.29) is 31.5 Å². The van der Waals surface area contributed by atoms with Crippen molar-refractivity contribution in [2.24, 2.45) is 0 Å². The summed E-state index contributed by atoms with van der Waals surface area (Å²) in [6.45, 7) is 1.42. The van der Waals surface area contributed by atoms with Gasteiger partial charge in [-0.15, -0.1) is 0 Å². The number of pyridine rings is 1. The zero-order valence-corrected chi connectivity index (χ0v) is 15.2. The molecule has 1 heterocycles. The first-order valence-electron chi connectivity index (χ1n) is 6.56. The summed E-state index contributed by atoms with van der Waals surface area (Å²) in [7, 11) is 0. The number of hydrogen-bond donors (Lipinski definition) is 1. The summed E-state index contributed by atoms with van der Waals surface area (Å²) in [6, 6.07) is 5.69. The van der Waals surface area contributed by atoms with Crippen LogP contribution in [0.4, 0.5) is 5.69 Å². The number of esters is 1. The molecular weight excluding hydrogens is 398 g/mol. The molecule has 0 saturated heterocycles. The first-order chi connectivity index (χ1) is 11.3. The molecule has 2 rings (SSSR count). The zero-order valence-electron chi connectivity index (χ0n) is 12.1. The fourth-order valence-electron chi connectivity index (χ4n) is 1.63. The number of carbonyl (C=O) groups is 2. The largest absolute Gasteiger partial charge is 0.449 e. The molecule has 9 heteroatoms. The molecule has 0 bridgehead atoms. The summed E-state index contributed by atoms with van der Waals surface area (Å²) in [5.74, 6) is -1.28. The first-order valence-corrected chi connectivity index (χ1v) is 8.07. The first kappa shape index (κ1) is 18.8. The summed E-state index contributed by atoms with van der Waals surface area (Å²) < 4.78 is 5.07. The van der Waals surface area contributed by atoms with E-state index >= 15 is 0 Å². The fourth-order valence-corrected chi connectivity index (χ4v) is 2.34. The second kappa shape index (κ2) is 8.03. The minimum Gasteiger partial charge on any atom is -0.449 e. The lowest BCUT2D eigenvalue weighted by molar-refractivity contribution is -0.123. The zero-order chi connectivity index (χ0) is 17.9. The quantitative estimate of drug-likeness (QED) is 0.445. The van der Waals surface area contributed by atoms with Gasteiger partial charge in [0.2, 0.25) is 0 Å². The van der Waals surface area contributed by atoms with Gasteiger partial charge < -0.3 is 10.1 Å². The second-order valence-corrected chi connectivity index (χ2v) is 6.26. The average molecular weight is 408 g/mol. The van der Waals surface area contributed by atoms with E-state index in [0.717, 1.165) is 0 Å². The topological polar surface area (TPSA) is 68.3 Å². The van der Waals surface area contributed by atoms with Crippen molar-refractivity contribution < 1.29 is 14.3 Å². The summed E-state index contributed by atoms with van der Waals surface area (Å²) >= 11 is 23.3. The number of hydrogen-bond acceptors (Lipinski definition) is 4. The highest BCUT2D eigenvalue weighted by Crippen LogP contribution is 2.32. The van der Waals surface area contributed by atoms with Crippen LogP contribution in [0, 0.1) is 0 Å². The molecule has 2 aromatic rings. The minimum absolute atomic E-state index is 0.173. The molecule has 0 spiro atoms. The van der Waals surface area contributed by atoms with Gasteiger partial charge in [0.1, 0.15) is 5.15 Å². The van der Waals surface area contributed by atoms with Crippen molar-refractivity contribution in [2.45, 2.75) is 13.0 Å². The molecule has 0 fully saturated rings. The van der Waals surface area contributed by atoms with E-state index in [4.69, 9.17) is 51.1 Å². The van der Waals surface area contributed by atoms with E-state index in [1.165, 1.54) is 37.4 Å². The molecule has 24 heavy (non-hydrogen) atoms. The predicted molar refractivity (Wildman–Crippen MR) is 94.2 cm³/mol. The molecule has 1 amide bonds. The molecule has 1 N–H and O–H groups in total. The Labute approximate surface area is 157 Å². The summed E-state index contributed by atoms with van der Waals surface area (Å²) in [4.78, 5) is 27.8. The second-order valence-electron chi connectivity index (χ2n) is 4.65. The molecule has 1 aromatic heterocycles. The maximum Gasteiger partial charge on any atom is 0.340 e. The molecule has 0 aliphatic heterocycles. The third-order valence-corrected chi connectivity index (χ3v) is 4.14. The summed E-state index contributed by atoms with van der Waals surface area (Å²) in [6.07, 6.45) is 0.184. The lowest BCUT2D eigenvalue weighted by atomic mass is 10.2. The van der Waals surface area contributed by atoms with Crippen LogP contribution in [0.3, 0.4) is 0 Å². The number of aromatic nitrogens is 1. The molecule has 0 radical (unpaired) electrons. The van der Waals surface area contributed by atoms with Crippen LogP contribution in [0.5, 0.6) is 0 Å². The van der Waals surface area contributed by atoms with Crippen LogP contribution >= 0.6 is 46.4 Å². The number of benzene rings is 1. The Morgan fingerprint density at radius 1 is 1.08 bits per heavy atom. The van der Waals surface area contributed by atoms with Gasteiger partial charge in [0.05, 0.1) is 26.3 Å². The van der Waals surface area contributed by atoms with E-state index in [9.17, 15) is 9.59 Å². The van der Waals surface area contributed by atoms with Gasteiger partial charge in [-0.2, -0.15) is 0 Å². The molecule has 0 saturated carbocycles. The SMILES string of the molecule is CC(OC(=O)c1ccc(Cl)nc1)C(=O)Nc1cc(Cl)c(Cl)cc1Cl. The van der Waals surface area contributed by atoms with Crippen LogP contribution < -0.4 is 5.32 Å². The molecule has 5 nitrogen and oxygen atoms in total. The van der Waals surface area contributed by atoms with Gasteiger partial charge in [0.15, 0.2) is 6.10 Å². The van der Waals surface area contributed by atoms with Crippen LogP contribution in [0.15, 0.2) is 30.5 Å². The van der Waals surface area contributed by atoms with Gasteiger partial charge in [-0.1, -0.05) is 46.4 Å². The number of rotatable bonds is 4. The molecule has 126 valence electrons. The molecule has 1 aromatic carbocycles. The van der Waals surface area contributed by atoms with Crippen molar-refractivity contribution >= 4 is 64.0 Å². The number of nitrogens with one attached hydrogen (secondary N) is 1. The summed E-state index contributed by atoms with van der Waals surface area (Å²) in [5.41, 5.74) is 0.429. The van der Waals surface area contributed by atoms with Crippen LogP contribution in [0.2, 0.25) is 20.2 Å². The highest BCUT2D eigenvalue weighted by Gasteiger charge is 2.20. The number of ether oxygens (including phenoxy) is 1. The van der Waals surface area contributed by atoms with E-state index < -0.39 is 18.0 Å². The number of carbonyl (C=O) groups excluding carboxylic acids is 2. The van der Waals surface area contributed by atoms with Crippen molar-refractivity contribution in [2.75, 3.05) is 5.32 Å². The third-order valence-electron chi connectivity index (χ3n) is 2.88. The van der Waals surface area contributed by atoms with Crippen molar-refractivity contribution in [1.29, 1.82) is 0 Å². The monoisotopic (exact) mass is 406 g/mol. The van der Waals surface area contributed by atoms with Crippen LogP contribution in [-0.4, -0.2) is 23.0 Å². The standard InChI is InChI=1S/C15H10Cl4N2O3/c1-7(24-15(23)8-2-3-13(19)20-6-8)14(22)21-12-5-10(17)9(16)4-11(12)18/h2-7H,1H3,(H,21,22). The Balaban J connectivity index is 2.03. The maximum atomic E-state index is 12.1. The van der Waals surface area contributed by atoms with Gasteiger partial charge in [-0.3, -0.25) is 4.79 Å². The summed E-state index contributed by atoms with van der Waals surface area (Å²) in [5, 5.41) is 3.45. The highest BCUT2D eigenvalue weighted by atomic mass is 35.5. The minimum atomic E-state index is -1.07. The number of anilines is 1. The number of nitrogens with zero attached hydrogens (tertiary/aromatic N) is 1. The van der Waals surface area contributed by atoms with Gasteiger partial charge >= 0.3 is 5.97 Å². The van der Waals surface area contributed by atoms with E-state index in [1.807, 2.05) is 0 Å². The predicted octanol–water partition coefficient (Wildman–Crippen LogP) is 4.88. The lowest BCUT2D eigenvalue weighted by Gasteiger charge is -2.14. The van der Waals surface area contributed by atoms with Crippen molar-refractivity contribution in [1.82, 2.24) is 4.98 Å². The number of halogens is 4. The fraction of sp³-hybridized carbons (Fsp3) is 0.133. The van der Waals surface area contributed by atoms with Crippen LogP contribution in [-0.2, 0) is 9.53 Å². The Bertz CT molecular complexity index is 781. The van der Waals surface area contributed by atoms with E-state index in [1.54, 1.807) is 0 Å². The third kappa shape index (κ3) is 4.74. The smallest absolute Gasteiger partial charge is 0.340 e. The van der Waals surface area contributed by atoms with Crippen LogP contribution in [0.1, 0.15) is 17.3 Å². The normalized spacial score (nSPS) is 11.7. The van der Waals surface area contributed by atoms with Crippen molar-refractivity contribution in [3.8, 4) is 0 Å². The Kier molecular flexibility index (Phi) is 6.29. The molecule has 1 unspecified atom stereocenters. The van der Waals surface area contributed by atoms with Gasteiger partial charge in [0, 0.05) is 6.20 Å². The maximum absolute atomic E-state index is 12.1. The van der Waals surface area contributed by atoms with E-state index in [0.29, 0.717) is 0 Å². The van der Waals surface area contributed by atoms with Gasteiger partial charge in [-0.25, -0.2) is 9.78 Å². The van der Waals surface area contributed by atoms with Crippen molar-refractivity contribution in [3.05, 3.63) is 56.2 Å². The Morgan fingerprint density at radius 2 is 1.75 bits per heavy atom. The van der Waals surface area contributed by atoms with E-state index in [2.05, 4.69) is 10.3 Å². The lowest BCUT2D eigenvalue weighted by Crippen LogP contribution is -2.30. The Hall–Kier alpha value is -1.53. The van der Waals surface area contributed by atoms with Gasteiger partial charge in [-0.05, 0) is 31.2 Å². The molecular formula is C15H10Cl4N2O3. The number of amides is 1. The Morgan fingerprint density at radius 3 is 2.38 bits per heavy atom. The molecule has 0 aliphatic carbocycles. The van der Waals surface area contributed by atoms with Gasteiger partial charge in [0.25, 0.3) is 5.91 Å². The molecule has 0 aliphatic rings.